The fourth-order valence-electron chi connectivity index (χ4n) is 3.55. The van der Waals surface area contributed by atoms with E-state index in [0.29, 0.717) is 11.5 Å². The van der Waals surface area contributed by atoms with Crippen molar-refractivity contribution in [2.45, 2.75) is 33.2 Å². The molecule has 0 spiro atoms. The highest BCUT2D eigenvalue weighted by atomic mass is 16.2. The van der Waals surface area contributed by atoms with Crippen LogP contribution in [0.1, 0.15) is 34.8 Å². The number of aryl methyl sites for hydroxylation is 2. The first kappa shape index (κ1) is 15.7. The van der Waals surface area contributed by atoms with Crippen LogP contribution in [0.25, 0.3) is 5.52 Å². The smallest absolute Gasteiger partial charge is 0.257 e. The van der Waals surface area contributed by atoms with Crippen LogP contribution in [0.15, 0.2) is 24.8 Å². The molecule has 8 heteroatoms. The largest absolute Gasteiger partial charge is 0.338 e. The van der Waals surface area contributed by atoms with Crippen molar-refractivity contribution in [3.05, 3.63) is 42.0 Å². The molecule has 4 rings (SSSR count). The van der Waals surface area contributed by atoms with E-state index in [1.807, 2.05) is 23.4 Å². The van der Waals surface area contributed by atoms with E-state index in [0.717, 1.165) is 49.6 Å². The molecule has 0 aliphatic carbocycles. The number of amides is 1. The number of likely N-dealkylation sites (tertiary alicyclic amines) is 1. The van der Waals surface area contributed by atoms with Gasteiger partial charge in [0.25, 0.3) is 5.91 Å². The Bertz CT molecular complexity index is 913. The number of aromatic nitrogens is 6. The second kappa shape index (κ2) is 6.27. The first-order valence-corrected chi connectivity index (χ1v) is 8.56. The predicted molar refractivity (Wildman–Crippen MR) is 91.1 cm³/mol. The Balaban J connectivity index is 1.51. The van der Waals surface area contributed by atoms with Gasteiger partial charge in [-0.15, -0.1) is 0 Å². The molecule has 0 unspecified atom stereocenters. The third-order valence-electron chi connectivity index (χ3n) is 4.76. The Morgan fingerprint density at radius 2 is 2.20 bits per heavy atom. The first-order chi connectivity index (χ1) is 12.1. The van der Waals surface area contributed by atoms with Crippen molar-refractivity contribution >= 4 is 11.4 Å². The van der Waals surface area contributed by atoms with E-state index < -0.39 is 0 Å². The van der Waals surface area contributed by atoms with Crippen LogP contribution < -0.4 is 0 Å². The van der Waals surface area contributed by atoms with Crippen LogP contribution in [-0.4, -0.2) is 53.3 Å². The average molecular weight is 339 g/mol. The zero-order valence-corrected chi connectivity index (χ0v) is 14.5. The molecule has 1 aliphatic rings. The Morgan fingerprint density at radius 1 is 1.32 bits per heavy atom. The third kappa shape index (κ3) is 2.99. The van der Waals surface area contributed by atoms with E-state index >= 15 is 0 Å². The molecular formula is C17H21N7O. The van der Waals surface area contributed by atoms with Crippen molar-refractivity contribution in [2.24, 2.45) is 5.92 Å². The molecule has 130 valence electrons. The topological polar surface area (TPSA) is 81.2 Å². The number of nitrogens with zero attached hydrogens (tertiary/aromatic N) is 7. The van der Waals surface area contributed by atoms with Crippen LogP contribution in [0.3, 0.4) is 0 Å². The molecule has 8 nitrogen and oxygen atoms in total. The quantitative estimate of drug-likeness (QED) is 0.722. The lowest BCUT2D eigenvalue weighted by Crippen LogP contribution is -2.41. The summed E-state index contributed by atoms with van der Waals surface area (Å²) in [4.78, 5) is 23.3. The molecular weight excluding hydrogens is 318 g/mol. The maximum Gasteiger partial charge on any atom is 0.257 e. The van der Waals surface area contributed by atoms with Gasteiger partial charge in [-0.3, -0.25) is 9.78 Å². The number of carbonyl (C=O) groups excluding carboxylic acids is 1. The van der Waals surface area contributed by atoms with Gasteiger partial charge in [0.05, 0.1) is 23.5 Å². The number of piperidine rings is 1. The average Bonchev–Trinajstić information content (AvgIpc) is 3.17. The first-order valence-electron chi connectivity index (χ1n) is 8.56. The highest BCUT2D eigenvalue weighted by molar-refractivity contribution is 6.00. The van der Waals surface area contributed by atoms with E-state index in [-0.39, 0.29) is 5.91 Å². The molecule has 0 radical (unpaired) electrons. The van der Waals surface area contributed by atoms with E-state index in [1.165, 1.54) is 0 Å². The van der Waals surface area contributed by atoms with E-state index in [1.54, 1.807) is 29.3 Å². The van der Waals surface area contributed by atoms with Gasteiger partial charge >= 0.3 is 0 Å². The zero-order chi connectivity index (χ0) is 17.4. The summed E-state index contributed by atoms with van der Waals surface area (Å²) in [6, 6.07) is 0. The molecule has 1 fully saturated rings. The number of carbonyl (C=O) groups is 1. The van der Waals surface area contributed by atoms with Crippen LogP contribution in [0, 0.1) is 19.8 Å². The van der Waals surface area contributed by atoms with Gasteiger partial charge in [0.2, 0.25) is 0 Å². The minimum absolute atomic E-state index is 0.0270. The van der Waals surface area contributed by atoms with Gasteiger partial charge in [0.15, 0.2) is 0 Å². The highest BCUT2D eigenvalue weighted by Crippen LogP contribution is 2.21. The number of hydrogen-bond acceptors (Lipinski definition) is 5. The van der Waals surface area contributed by atoms with Gasteiger partial charge in [0, 0.05) is 32.0 Å². The maximum absolute atomic E-state index is 13.0. The molecule has 4 heterocycles. The highest BCUT2D eigenvalue weighted by Gasteiger charge is 2.27. The summed E-state index contributed by atoms with van der Waals surface area (Å²) < 4.78 is 3.64. The predicted octanol–water partition coefficient (Wildman–Crippen LogP) is 1.49. The fourth-order valence-corrected chi connectivity index (χ4v) is 3.55. The minimum Gasteiger partial charge on any atom is -0.338 e. The summed E-state index contributed by atoms with van der Waals surface area (Å²) in [5, 5.41) is 8.69. The monoisotopic (exact) mass is 339 g/mol. The normalized spacial score (nSPS) is 18.0. The summed E-state index contributed by atoms with van der Waals surface area (Å²) in [6.07, 6.45) is 8.82. The Kier molecular flexibility index (Phi) is 3.95. The van der Waals surface area contributed by atoms with Crippen LogP contribution in [0.4, 0.5) is 0 Å². The van der Waals surface area contributed by atoms with Gasteiger partial charge in [0.1, 0.15) is 11.6 Å². The van der Waals surface area contributed by atoms with Crippen molar-refractivity contribution in [3.63, 3.8) is 0 Å². The lowest BCUT2D eigenvalue weighted by Gasteiger charge is -2.32. The van der Waals surface area contributed by atoms with Crippen molar-refractivity contribution in [1.82, 2.24) is 34.3 Å². The summed E-state index contributed by atoms with van der Waals surface area (Å²) in [6.45, 7) is 6.18. The number of rotatable bonds is 3. The molecule has 0 N–H and O–H groups in total. The molecule has 0 saturated carbocycles. The molecule has 3 aromatic heterocycles. The van der Waals surface area contributed by atoms with Gasteiger partial charge in [-0.05, 0) is 32.6 Å². The van der Waals surface area contributed by atoms with Crippen LogP contribution in [0.5, 0.6) is 0 Å². The second-order valence-electron chi connectivity index (χ2n) is 6.61. The summed E-state index contributed by atoms with van der Waals surface area (Å²) in [5.41, 5.74) is 1.36. The van der Waals surface area contributed by atoms with Crippen LogP contribution in [0.2, 0.25) is 0 Å². The van der Waals surface area contributed by atoms with Crippen LogP contribution in [-0.2, 0) is 6.54 Å². The summed E-state index contributed by atoms with van der Waals surface area (Å²) in [5.74, 6) is 2.13. The molecule has 1 atom stereocenters. The van der Waals surface area contributed by atoms with Crippen molar-refractivity contribution in [3.8, 4) is 0 Å². The van der Waals surface area contributed by atoms with Crippen molar-refractivity contribution in [1.29, 1.82) is 0 Å². The fraction of sp³-hybridized carbons (Fsp3) is 0.471. The number of fused-ring (bicyclic) bond motifs is 1. The minimum atomic E-state index is 0.0270. The van der Waals surface area contributed by atoms with Gasteiger partial charge in [-0.2, -0.15) is 10.2 Å². The van der Waals surface area contributed by atoms with E-state index in [2.05, 4.69) is 20.2 Å². The molecule has 1 saturated heterocycles. The Morgan fingerprint density at radius 3 is 3.00 bits per heavy atom. The summed E-state index contributed by atoms with van der Waals surface area (Å²) >= 11 is 0. The lowest BCUT2D eigenvalue weighted by molar-refractivity contribution is 0.0661. The van der Waals surface area contributed by atoms with Crippen LogP contribution >= 0.6 is 0 Å². The third-order valence-corrected chi connectivity index (χ3v) is 4.76. The standard InChI is InChI=1S/C17H21N7O/c1-12-20-13(2)24(21-12)11-14-4-3-6-22(10-14)17(25)15-8-19-23-7-5-18-9-16(15)23/h5,7-9,14H,3-4,6,10-11H2,1-2H3/t14-/m0/s1. The van der Waals surface area contributed by atoms with E-state index in [4.69, 9.17) is 0 Å². The maximum atomic E-state index is 13.0. The van der Waals surface area contributed by atoms with Gasteiger partial charge in [-0.25, -0.2) is 14.2 Å². The second-order valence-corrected chi connectivity index (χ2v) is 6.61. The SMILES string of the molecule is Cc1nc(C)n(C[C@H]2CCCN(C(=O)c3cnn4ccncc34)C2)n1. The molecule has 0 bridgehead atoms. The van der Waals surface area contributed by atoms with Crippen molar-refractivity contribution < 1.29 is 4.79 Å². The zero-order valence-electron chi connectivity index (χ0n) is 14.5. The van der Waals surface area contributed by atoms with Gasteiger partial charge < -0.3 is 4.90 Å². The molecule has 0 aromatic carbocycles. The summed E-state index contributed by atoms with van der Waals surface area (Å²) in [7, 11) is 0. The van der Waals surface area contributed by atoms with Gasteiger partial charge in [-0.1, -0.05) is 0 Å². The molecule has 3 aromatic rings. The van der Waals surface area contributed by atoms with Crippen molar-refractivity contribution in [2.75, 3.05) is 13.1 Å². The number of hydrogen-bond donors (Lipinski definition) is 0. The Labute approximate surface area is 145 Å². The van der Waals surface area contributed by atoms with E-state index in [9.17, 15) is 4.79 Å². The molecule has 1 amide bonds. The molecule has 25 heavy (non-hydrogen) atoms. The molecule has 1 aliphatic heterocycles. The lowest BCUT2D eigenvalue weighted by atomic mass is 9.97. The Hall–Kier alpha value is -2.77.